The van der Waals surface area contributed by atoms with Crippen LogP contribution in [-0.2, 0) is 13.5 Å². The Hall–Kier alpha value is -1.32. The quantitative estimate of drug-likeness (QED) is 0.763. The lowest BCUT2D eigenvalue weighted by molar-refractivity contribution is -0.0571. The van der Waals surface area contributed by atoms with Gasteiger partial charge in [0.1, 0.15) is 5.82 Å². The third kappa shape index (κ3) is 3.13. The van der Waals surface area contributed by atoms with Crippen LogP contribution >= 0.6 is 0 Å². The van der Waals surface area contributed by atoms with Gasteiger partial charge in [0.25, 0.3) is 0 Å². The molecule has 1 heterocycles. The highest BCUT2D eigenvalue weighted by Gasteiger charge is 2.50. The molecule has 1 aromatic rings. The summed E-state index contributed by atoms with van der Waals surface area (Å²) >= 11 is 0. The van der Waals surface area contributed by atoms with Crippen molar-refractivity contribution in [2.45, 2.75) is 89.4 Å². The fourth-order valence-electron chi connectivity index (χ4n) is 7.71. The Bertz CT molecular complexity index is 694. The van der Waals surface area contributed by atoms with Gasteiger partial charge in [-0.3, -0.25) is 0 Å². The molecule has 0 radical (unpaired) electrons. The van der Waals surface area contributed by atoms with Gasteiger partial charge in [0.15, 0.2) is 5.69 Å². The van der Waals surface area contributed by atoms with E-state index >= 15 is 0 Å². The van der Waals surface area contributed by atoms with Crippen molar-refractivity contribution in [2.75, 3.05) is 0 Å². The summed E-state index contributed by atoms with van der Waals surface area (Å²) in [6.45, 7) is 0. The Kier molecular flexibility index (Phi) is 4.36. The van der Waals surface area contributed by atoms with Crippen LogP contribution in [0.4, 0.5) is 0 Å². The molecule has 0 amide bonds. The number of nitrogens with zero attached hydrogens (tertiary/aromatic N) is 2. The molecule has 4 nitrogen and oxygen atoms in total. The summed E-state index contributed by atoms with van der Waals surface area (Å²) in [6, 6.07) is 0. The maximum Gasteiger partial charge on any atom is 0.356 e. The first-order chi connectivity index (χ1) is 13.0. The second-order valence-corrected chi connectivity index (χ2v) is 10.4. The van der Waals surface area contributed by atoms with Gasteiger partial charge >= 0.3 is 5.97 Å². The van der Waals surface area contributed by atoms with Gasteiger partial charge in [-0.05, 0) is 87.4 Å². The summed E-state index contributed by atoms with van der Waals surface area (Å²) in [5.41, 5.74) is 1.82. The van der Waals surface area contributed by atoms with E-state index in [0.29, 0.717) is 17.0 Å². The molecule has 5 fully saturated rings. The van der Waals surface area contributed by atoms with Crippen molar-refractivity contribution >= 4 is 5.97 Å². The topological polar surface area (TPSA) is 55.1 Å². The van der Waals surface area contributed by atoms with Crippen molar-refractivity contribution in [2.24, 2.45) is 30.2 Å². The number of carboxylic acid groups (broad SMARTS) is 1. The van der Waals surface area contributed by atoms with Crippen molar-refractivity contribution in [3.05, 3.63) is 17.2 Å². The summed E-state index contributed by atoms with van der Waals surface area (Å²) in [6.07, 6.45) is 16.8. The number of carbonyl (C=O) groups is 1. The highest BCUT2D eigenvalue weighted by atomic mass is 16.4. The molecule has 4 heteroatoms. The number of hydrogen-bond donors (Lipinski definition) is 1. The van der Waals surface area contributed by atoms with Crippen LogP contribution in [0.15, 0.2) is 0 Å². The molecule has 0 spiro atoms. The molecular formula is C23H34N2O2. The molecule has 5 saturated carbocycles. The summed E-state index contributed by atoms with van der Waals surface area (Å²) < 4.78 is 2.17. The Balaban J connectivity index is 1.38. The molecule has 5 aliphatic rings. The van der Waals surface area contributed by atoms with E-state index < -0.39 is 5.97 Å². The van der Waals surface area contributed by atoms with E-state index in [1.54, 1.807) is 0 Å². The van der Waals surface area contributed by atoms with Crippen LogP contribution in [0, 0.1) is 23.2 Å². The first kappa shape index (κ1) is 17.8. The molecule has 0 aliphatic heterocycles. The number of carboxylic acids is 1. The number of aromatic nitrogens is 2. The molecule has 148 valence electrons. The van der Waals surface area contributed by atoms with Crippen LogP contribution in [-0.4, -0.2) is 20.6 Å². The van der Waals surface area contributed by atoms with Gasteiger partial charge in [0, 0.05) is 13.0 Å². The van der Waals surface area contributed by atoms with Crippen molar-refractivity contribution in [1.82, 2.24) is 9.55 Å². The summed E-state index contributed by atoms with van der Waals surface area (Å²) in [5, 5.41) is 9.79. The van der Waals surface area contributed by atoms with E-state index in [0.717, 1.165) is 35.7 Å². The third-order valence-corrected chi connectivity index (χ3v) is 8.48. The maximum atomic E-state index is 11.9. The molecule has 0 unspecified atom stereocenters. The zero-order valence-corrected chi connectivity index (χ0v) is 16.8. The van der Waals surface area contributed by atoms with Crippen molar-refractivity contribution < 1.29 is 9.90 Å². The lowest BCUT2D eigenvalue weighted by Crippen LogP contribution is -2.46. The average Bonchev–Trinajstić information content (AvgIpc) is 2.96. The number of hydrogen-bond acceptors (Lipinski definition) is 2. The van der Waals surface area contributed by atoms with Gasteiger partial charge in [0.05, 0.1) is 5.69 Å². The molecule has 27 heavy (non-hydrogen) atoms. The summed E-state index contributed by atoms with van der Waals surface area (Å²) in [7, 11) is 2.07. The molecule has 1 N–H and O–H groups in total. The first-order valence-electron chi connectivity index (χ1n) is 11.3. The van der Waals surface area contributed by atoms with Crippen molar-refractivity contribution in [3.8, 4) is 0 Å². The Morgan fingerprint density at radius 1 is 1.07 bits per heavy atom. The molecule has 6 rings (SSSR count). The van der Waals surface area contributed by atoms with Crippen LogP contribution < -0.4 is 0 Å². The standard InChI is InChI=1S/C23H34N2O2/c1-25-19(20(22(26)27)24-21(25)18-5-3-2-4-6-18)7-8-23-12-15-9-16(13-23)11-17(10-15)14-23/h15-18H,2-14H2,1H3,(H,26,27). The lowest BCUT2D eigenvalue weighted by atomic mass is 9.48. The SMILES string of the molecule is Cn1c(C2CCCCC2)nc(C(=O)O)c1CCC12CC3CC(CC(C3)C1)C2. The number of imidazole rings is 1. The zero-order valence-electron chi connectivity index (χ0n) is 16.8. The first-order valence-corrected chi connectivity index (χ1v) is 11.3. The lowest BCUT2D eigenvalue weighted by Gasteiger charge is -2.57. The van der Waals surface area contributed by atoms with E-state index in [1.165, 1.54) is 77.0 Å². The van der Waals surface area contributed by atoms with E-state index in [4.69, 9.17) is 0 Å². The van der Waals surface area contributed by atoms with Crippen molar-refractivity contribution in [3.63, 3.8) is 0 Å². The Morgan fingerprint density at radius 2 is 1.67 bits per heavy atom. The Morgan fingerprint density at radius 3 is 2.22 bits per heavy atom. The van der Waals surface area contributed by atoms with Crippen LogP contribution in [0.5, 0.6) is 0 Å². The molecule has 0 saturated heterocycles. The highest BCUT2D eigenvalue weighted by Crippen LogP contribution is 2.61. The summed E-state index contributed by atoms with van der Waals surface area (Å²) in [5.74, 6) is 3.52. The molecule has 4 bridgehead atoms. The van der Waals surface area contributed by atoms with Crippen molar-refractivity contribution in [1.29, 1.82) is 0 Å². The molecule has 0 aromatic carbocycles. The minimum atomic E-state index is -0.840. The number of rotatable bonds is 5. The maximum absolute atomic E-state index is 11.9. The third-order valence-electron chi connectivity index (χ3n) is 8.48. The number of aromatic carboxylic acids is 1. The van der Waals surface area contributed by atoms with Gasteiger partial charge in [-0.1, -0.05) is 19.3 Å². The van der Waals surface area contributed by atoms with Gasteiger partial charge in [-0.25, -0.2) is 9.78 Å². The minimum absolute atomic E-state index is 0.336. The zero-order chi connectivity index (χ0) is 18.6. The fourth-order valence-corrected chi connectivity index (χ4v) is 7.71. The van der Waals surface area contributed by atoms with E-state index in [-0.39, 0.29) is 0 Å². The average molecular weight is 371 g/mol. The second-order valence-electron chi connectivity index (χ2n) is 10.4. The molecular weight excluding hydrogens is 336 g/mol. The van der Waals surface area contributed by atoms with Gasteiger partial charge < -0.3 is 9.67 Å². The smallest absolute Gasteiger partial charge is 0.356 e. The molecule has 5 aliphatic carbocycles. The molecule has 1 aromatic heterocycles. The Labute approximate surface area is 162 Å². The fraction of sp³-hybridized carbons (Fsp3) is 0.826. The van der Waals surface area contributed by atoms with Crippen LogP contribution in [0.25, 0.3) is 0 Å². The predicted octanol–water partition coefficient (Wildman–Crippen LogP) is 5.32. The van der Waals surface area contributed by atoms with Crippen LogP contribution in [0.1, 0.15) is 105 Å². The van der Waals surface area contributed by atoms with Crippen LogP contribution in [0.2, 0.25) is 0 Å². The van der Waals surface area contributed by atoms with Gasteiger partial charge in [-0.2, -0.15) is 0 Å². The largest absolute Gasteiger partial charge is 0.476 e. The van der Waals surface area contributed by atoms with Gasteiger partial charge in [0.2, 0.25) is 0 Å². The second kappa shape index (κ2) is 6.63. The van der Waals surface area contributed by atoms with E-state index in [1.807, 2.05) is 0 Å². The van der Waals surface area contributed by atoms with Gasteiger partial charge in [-0.15, -0.1) is 0 Å². The molecule has 0 atom stereocenters. The summed E-state index contributed by atoms with van der Waals surface area (Å²) in [4.78, 5) is 16.6. The predicted molar refractivity (Wildman–Crippen MR) is 105 cm³/mol. The minimum Gasteiger partial charge on any atom is -0.476 e. The normalized spacial score (nSPS) is 35.7. The van der Waals surface area contributed by atoms with Crippen LogP contribution in [0.3, 0.4) is 0 Å². The monoisotopic (exact) mass is 370 g/mol. The van der Waals surface area contributed by atoms with E-state index in [9.17, 15) is 9.90 Å². The van der Waals surface area contributed by atoms with E-state index in [2.05, 4.69) is 16.6 Å². The highest BCUT2D eigenvalue weighted by molar-refractivity contribution is 5.86.